The first-order valence-electron chi connectivity index (χ1n) is 7.46. The molecule has 2 nitrogen and oxygen atoms in total. The molecular formula is C16H19ClFIN2. The molecule has 114 valence electrons. The number of halogens is 3. The second-order valence-electron chi connectivity index (χ2n) is 6.12. The van der Waals surface area contributed by atoms with Gasteiger partial charge in [0.15, 0.2) is 0 Å². The maximum Gasteiger partial charge on any atom is 0.138 e. The van der Waals surface area contributed by atoms with Crippen molar-refractivity contribution in [3.8, 4) is 0 Å². The van der Waals surface area contributed by atoms with Gasteiger partial charge in [-0.15, -0.1) is 11.6 Å². The van der Waals surface area contributed by atoms with Crippen LogP contribution in [0.25, 0.3) is 11.0 Å². The van der Waals surface area contributed by atoms with E-state index in [1.807, 2.05) is 35.6 Å². The lowest BCUT2D eigenvalue weighted by atomic mass is 9.98. The van der Waals surface area contributed by atoms with Crippen LogP contribution < -0.4 is 0 Å². The number of fused-ring (bicyclic) bond motifs is 1. The smallest absolute Gasteiger partial charge is 0.138 e. The molecule has 3 unspecified atom stereocenters. The van der Waals surface area contributed by atoms with E-state index < -0.39 is 0 Å². The van der Waals surface area contributed by atoms with Crippen molar-refractivity contribution in [2.75, 3.05) is 0 Å². The molecule has 0 bridgehead atoms. The zero-order valence-electron chi connectivity index (χ0n) is 12.2. The summed E-state index contributed by atoms with van der Waals surface area (Å²) in [7, 11) is 0. The first-order chi connectivity index (χ1) is 9.97. The summed E-state index contributed by atoms with van der Waals surface area (Å²) in [5.41, 5.74) is 1.71. The lowest BCUT2D eigenvalue weighted by Crippen LogP contribution is -2.15. The van der Waals surface area contributed by atoms with Crippen molar-refractivity contribution in [2.45, 2.75) is 45.0 Å². The molecule has 0 amide bonds. The molecule has 5 heteroatoms. The van der Waals surface area contributed by atoms with E-state index in [9.17, 15) is 4.39 Å². The van der Waals surface area contributed by atoms with E-state index in [-0.39, 0.29) is 11.2 Å². The molecule has 0 radical (unpaired) electrons. The Labute approximate surface area is 143 Å². The molecule has 0 spiro atoms. The van der Waals surface area contributed by atoms with Gasteiger partial charge in [-0.25, -0.2) is 9.37 Å². The lowest BCUT2D eigenvalue weighted by Gasteiger charge is -2.19. The van der Waals surface area contributed by atoms with Gasteiger partial charge >= 0.3 is 0 Å². The number of imidazole rings is 1. The van der Waals surface area contributed by atoms with Crippen molar-refractivity contribution < 1.29 is 4.39 Å². The molecular weight excluding hydrogens is 402 g/mol. The summed E-state index contributed by atoms with van der Waals surface area (Å²) in [4.78, 5) is 4.64. The normalized spacial score (nSPS) is 23.9. The molecule has 3 atom stereocenters. The highest BCUT2D eigenvalue weighted by Crippen LogP contribution is 2.35. The fourth-order valence-electron chi connectivity index (χ4n) is 3.36. The molecule has 0 N–H and O–H groups in total. The Bertz CT molecular complexity index is 668. The molecule has 1 fully saturated rings. The molecule has 21 heavy (non-hydrogen) atoms. The highest BCUT2D eigenvalue weighted by atomic mass is 127. The van der Waals surface area contributed by atoms with E-state index in [0.29, 0.717) is 9.49 Å². The molecule has 1 aliphatic rings. The second-order valence-corrected chi connectivity index (χ2v) is 7.94. The minimum atomic E-state index is -0.183. The van der Waals surface area contributed by atoms with E-state index in [4.69, 9.17) is 11.6 Å². The van der Waals surface area contributed by atoms with Gasteiger partial charge in [0.2, 0.25) is 0 Å². The molecule has 1 heterocycles. The molecule has 1 aliphatic carbocycles. The van der Waals surface area contributed by atoms with Gasteiger partial charge in [-0.1, -0.05) is 19.8 Å². The van der Waals surface area contributed by atoms with E-state index in [2.05, 4.69) is 16.5 Å². The average molecular weight is 421 g/mol. The number of benzene rings is 1. The van der Waals surface area contributed by atoms with Gasteiger partial charge in [-0.05, 0) is 53.8 Å². The monoisotopic (exact) mass is 420 g/mol. The first-order valence-corrected chi connectivity index (χ1v) is 8.98. The van der Waals surface area contributed by atoms with Crippen molar-refractivity contribution in [3.63, 3.8) is 0 Å². The topological polar surface area (TPSA) is 17.8 Å². The van der Waals surface area contributed by atoms with Crippen LogP contribution in [-0.2, 0) is 6.54 Å². The Morgan fingerprint density at radius 1 is 1.48 bits per heavy atom. The minimum Gasteiger partial charge on any atom is -0.326 e. The van der Waals surface area contributed by atoms with Crippen molar-refractivity contribution in [3.05, 3.63) is 27.3 Å². The Kier molecular flexibility index (Phi) is 4.46. The number of nitrogens with zero attached hydrogens (tertiary/aromatic N) is 2. The van der Waals surface area contributed by atoms with Crippen molar-refractivity contribution in [1.29, 1.82) is 0 Å². The van der Waals surface area contributed by atoms with E-state index in [1.54, 1.807) is 6.07 Å². The molecule has 1 aromatic heterocycles. The van der Waals surface area contributed by atoms with E-state index >= 15 is 0 Å². The largest absolute Gasteiger partial charge is 0.326 e. The number of hydrogen-bond acceptors (Lipinski definition) is 1. The van der Waals surface area contributed by atoms with E-state index in [1.165, 1.54) is 19.3 Å². The van der Waals surface area contributed by atoms with Gasteiger partial charge < -0.3 is 4.57 Å². The first kappa shape index (κ1) is 15.5. The predicted octanol–water partition coefficient (Wildman–Crippen LogP) is 5.52. The zero-order valence-corrected chi connectivity index (χ0v) is 15.2. The highest BCUT2D eigenvalue weighted by molar-refractivity contribution is 14.1. The molecule has 1 aromatic carbocycles. The van der Waals surface area contributed by atoms with Crippen LogP contribution in [0, 0.1) is 21.2 Å². The van der Waals surface area contributed by atoms with Crippen LogP contribution in [0.3, 0.4) is 0 Å². The van der Waals surface area contributed by atoms with Crippen molar-refractivity contribution in [2.24, 2.45) is 11.8 Å². The Balaban J connectivity index is 2.09. The second kappa shape index (κ2) is 6.03. The molecule has 2 aromatic rings. The summed E-state index contributed by atoms with van der Waals surface area (Å²) >= 11 is 8.31. The summed E-state index contributed by atoms with van der Waals surface area (Å²) in [6.07, 6.45) is 3.82. The number of rotatable bonds is 3. The zero-order chi connectivity index (χ0) is 15.1. The maximum absolute atomic E-state index is 13.9. The van der Waals surface area contributed by atoms with Gasteiger partial charge in [0, 0.05) is 12.6 Å². The Hall–Kier alpha value is -0.360. The van der Waals surface area contributed by atoms with E-state index in [0.717, 1.165) is 29.3 Å². The predicted molar refractivity (Wildman–Crippen MR) is 93.2 cm³/mol. The Morgan fingerprint density at radius 2 is 2.24 bits per heavy atom. The van der Waals surface area contributed by atoms with Gasteiger partial charge in [-0.2, -0.15) is 0 Å². The van der Waals surface area contributed by atoms with Crippen LogP contribution in [0.1, 0.15) is 44.3 Å². The van der Waals surface area contributed by atoms with Gasteiger partial charge in [0.1, 0.15) is 11.6 Å². The van der Waals surface area contributed by atoms with Crippen molar-refractivity contribution >= 4 is 45.2 Å². The summed E-state index contributed by atoms with van der Waals surface area (Å²) in [6.45, 7) is 5.13. The Morgan fingerprint density at radius 3 is 2.86 bits per heavy atom. The van der Waals surface area contributed by atoms with Gasteiger partial charge in [-0.3, -0.25) is 0 Å². The fraction of sp³-hybridized carbons (Fsp3) is 0.562. The molecule has 3 rings (SSSR count). The number of hydrogen-bond donors (Lipinski definition) is 0. The van der Waals surface area contributed by atoms with Gasteiger partial charge in [0.25, 0.3) is 0 Å². The maximum atomic E-state index is 13.9. The van der Waals surface area contributed by atoms with Crippen LogP contribution in [-0.4, -0.2) is 9.55 Å². The molecule has 0 saturated heterocycles. The standard InChI is InChI=1S/C16H19ClFIN2/c1-9-4-3-5-11(9)8-21-15-6-12(18)13(19)7-14(15)20-16(21)10(2)17/h6-7,9-11H,3-5,8H2,1-2H3. The average Bonchev–Trinajstić information content (AvgIpc) is 2.97. The summed E-state index contributed by atoms with van der Waals surface area (Å²) in [5.74, 6) is 2.03. The minimum absolute atomic E-state index is 0.171. The highest BCUT2D eigenvalue weighted by Gasteiger charge is 2.26. The summed E-state index contributed by atoms with van der Waals surface area (Å²) in [6, 6.07) is 3.41. The molecule has 1 saturated carbocycles. The van der Waals surface area contributed by atoms with Crippen LogP contribution in [0.5, 0.6) is 0 Å². The lowest BCUT2D eigenvalue weighted by molar-refractivity contribution is 0.363. The third-order valence-electron chi connectivity index (χ3n) is 4.63. The van der Waals surface area contributed by atoms with Crippen LogP contribution in [0.2, 0.25) is 0 Å². The van der Waals surface area contributed by atoms with Crippen molar-refractivity contribution in [1.82, 2.24) is 9.55 Å². The SMILES string of the molecule is CC(Cl)c1nc2cc(I)c(F)cc2n1CC1CCCC1C. The number of aromatic nitrogens is 2. The molecule has 0 aliphatic heterocycles. The van der Waals surface area contributed by atoms with Crippen LogP contribution in [0.15, 0.2) is 12.1 Å². The third-order valence-corrected chi connectivity index (χ3v) is 5.65. The van der Waals surface area contributed by atoms with Gasteiger partial charge in [0.05, 0.1) is 20.0 Å². The summed E-state index contributed by atoms with van der Waals surface area (Å²) in [5, 5.41) is -0.171. The quantitative estimate of drug-likeness (QED) is 0.472. The van der Waals surface area contributed by atoms with Crippen LogP contribution >= 0.6 is 34.2 Å². The fourth-order valence-corrected chi connectivity index (χ4v) is 3.98. The number of alkyl halides is 1. The summed E-state index contributed by atoms with van der Waals surface area (Å²) < 4.78 is 16.7. The third kappa shape index (κ3) is 2.93. The van der Waals surface area contributed by atoms with Crippen LogP contribution in [0.4, 0.5) is 4.39 Å².